The summed E-state index contributed by atoms with van der Waals surface area (Å²) in [5.74, 6) is -0.409. The summed E-state index contributed by atoms with van der Waals surface area (Å²) >= 11 is 0. The van der Waals surface area contributed by atoms with Gasteiger partial charge in [-0.2, -0.15) is 0 Å². The Hall–Kier alpha value is -2.10. The highest BCUT2D eigenvalue weighted by Crippen LogP contribution is 2.33. The van der Waals surface area contributed by atoms with Crippen LogP contribution in [0.2, 0.25) is 0 Å². The highest BCUT2D eigenvalue weighted by molar-refractivity contribution is 5.95. The molecule has 0 spiro atoms. The molecule has 0 aromatic heterocycles. The third-order valence-electron chi connectivity index (χ3n) is 3.94. The van der Waals surface area contributed by atoms with Crippen LogP contribution in [0.15, 0.2) is 42.0 Å². The molecule has 0 bridgehead atoms. The van der Waals surface area contributed by atoms with Gasteiger partial charge in [-0.1, -0.05) is 48.9 Å². The van der Waals surface area contributed by atoms with E-state index in [1.807, 2.05) is 64.1 Å². The van der Waals surface area contributed by atoms with E-state index in [1.165, 1.54) is 10.5 Å². The zero-order chi connectivity index (χ0) is 16.3. The maximum atomic E-state index is 12.6. The third kappa shape index (κ3) is 3.38. The van der Waals surface area contributed by atoms with Crippen LogP contribution >= 0.6 is 0 Å². The lowest BCUT2D eigenvalue weighted by molar-refractivity contribution is -0.132. The van der Waals surface area contributed by atoms with E-state index in [4.69, 9.17) is 4.74 Å². The molecule has 1 heterocycles. The smallest absolute Gasteiger partial charge is 0.417 e. The Kier molecular flexibility index (Phi) is 5.01. The Labute approximate surface area is 131 Å². The fraction of sp³-hybridized carbons (Fsp3) is 0.444. The number of benzene rings is 1. The molecule has 3 atom stereocenters. The number of cyclic esters (lactones) is 1. The van der Waals surface area contributed by atoms with Gasteiger partial charge >= 0.3 is 6.09 Å². The molecule has 2 amide bonds. The number of carbonyl (C=O) groups is 2. The van der Waals surface area contributed by atoms with E-state index in [0.29, 0.717) is 6.42 Å². The highest BCUT2D eigenvalue weighted by atomic mass is 16.6. The van der Waals surface area contributed by atoms with Gasteiger partial charge in [0.25, 0.3) is 0 Å². The number of hydrogen-bond acceptors (Lipinski definition) is 3. The molecule has 0 N–H and O–H groups in total. The molecular weight excluding hydrogens is 278 g/mol. The largest absolute Gasteiger partial charge is 0.439 e. The average Bonchev–Trinajstić information content (AvgIpc) is 2.80. The number of rotatable bonds is 4. The van der Waals surface area contributed by atoms with Crippen molar-refractivity contribution in [3.8, 4) is 0 Å². The predicted molar refractivity (Wildman–Crippen MR) is 85.2 cm³/mol. The van der Waals surface area contributed by atoms with Gasteiger partial charge in [0.05, 0.1) is 6.04 Å². The lowest BCUT2D eigenvalue weighted by atomic mass is 10.0. The summed E-state index contributed by atoms with van der Waals surface area (Å²) in [6.07, 6.45) is 1.71. The van der Waals surface area contributed by atoms with Crippen molar-refractivity contribution in [1.82, 2.24) is 4.90 Å². The number of imide groups is 1. The molecule has 0 saturated carbocycles. The van der Waals surface area contributed by atoms with Crippen LogP contribution < -0.4 is 0 Å². The average molecular weight is 301 g/mol. The predicted octanol–water partition coefficient (Wildman–Crippen LogP) is 4.09. The standard InChI is InChI=1S/C18H23NO3/c1-12(2)10-11-13(3)17(20)19-14(4)16(22-18(19)21)15-8-6-5-7-9-15/h5-10,13-14,16H,11H2,1-4H3/t13-,14+,16+/m1/s1. The van der Waals surface area contributed by atoms with Crippen LogP contribution in [0.25, 0.3) is 0 Å². The molecule has 1 fully saturated rings. The first-order valence-corrected chi connectivity index (χ1v) is 7.63. The second-order valence-electron chi connectivity index (χ2n) is 6.08. The lowest BCUT2D eigenvalue weighted by Gasteiger charge is -2.22. The van der Waals surface area contributed by atoms with Gasteiger partial charge in [0.2, 0.25) is 5.91 Å². The third-order valence-corrected chi connectivity index (χ3v) is 3.94. The van der Waals surface area contributed by atoms with Gasteiger partial charge in [0.1, 0.15) is 6.10 Å². The molecule has 0 radical (unpaired) electrons. The summed E-state index contributed by atoms with van der Waals surface area (Å²) < 4.78 is 5.42. The minimum Gasteiger partial charge on any atom is -0.439 e. The van der Waals surface area contributed by atoms with Crippen molar-refractivity contribution in [2.75, 3.05) is 0 Å². The molecule has 22 heavy (non-hydrogen) atoms. The summed E-state index contributed by atoms with van der Waals surface area (Å²) in [5.41, 5.74) is 2.08. The second-order valence-corrected chi connectivity index (χ2v) is 6.08. The van der Waals surface area contributed by atoms with Gasteiger partial charge in [0, 0.05) is 5.92 Å². The molecule has 4 nitrogen and oxygen atoms in total. The summed E-state index contributed by atoms with van der Waals surface area (Å²) in [4.78, 5) is 25.9. The van der Waals surface area contributed by atoms with E-state index in [2.05, 4.69) is 0 Å². The first-order chi connectivity index (χ1) is 10.4. The zero-order valence-corrected chi connectivity index (χ0v) is 13.6. The maximum Gasteiger partial charge on any atom is 0.417 e. The van der Waals surface area contributed by atoms with Crippen molar-refractivity contribution >= 4 is 12.0 Å². The zero-order valence-electron chi connectivity index (χ0n) is 13.6. The monoisotopic (exact) mass is 301 g/mol. The molecule has 2 rings (SSSR count). The minimum atomic E-state index is -0.546. The first-order valence-electron chi connectivity index (χ1n) is 7.63. The van der Waals surface area contributed by atoms with E-state index in [-0.39, 0.29) is 17.9 Å². The van der Waals surface area contributed by atoms with Crippen molar-refractivity contribution in [3.05, 3.63) is 47.5 Å². The van der Waals surface area contributed by atoms with E-state index >= 15 is 0 Å². The van der Waals surface area contributed by atoms with Crippen molar-refractivity contribution in [2.24, 2.45) is 5.92 Å². The molecular formula is C18H23NO3. The van der Waals surface area contributed by atoms with Gasteiger partial charge in [-0.15, -0.1) is 0 Å². The van der Waals surface area contributed by atoms with E-state index in [0.717, 1.165) is 5.56 Å². The van der Waals surface area contributed by atoms with Crippen LogP contribution in [-0.4, -0.2) is 22.9 Å². The van der Waals surface area contributed by atoms with Crippen molar-refractivity contribution < 1.29 is 14.3 Å². The molecule has 1 aromatic rings. The number of nitrogens with zero attached hydrogens (tertiary/aromatic N) is 1. The second kappa shape index (κ2) is 6.77. The Morgan fingerprint density at radius 3 is 2.55 bits per heavy atom. The number of hydrogen-bond donors (Lipinski definition) is 0. The Morgan fingerprint density at radius 1 is 1.32 bits per heavy atom. The summed E-state index contributed by atoms with van der Waals surface area (Å²) in [6, 6.07) is 9.24. The van der Waals surface area contributed by atoms with Gasteiger partial charge in [-0.3, -0.25) is 4.79 Å². The number of carbonyl (C=O) groups excluding carboxylic acids is 2. The topological polar surface area (TPSA) is 46.6 Å². The van der Waals surface area contributed by atoms with Crippen LogP contribution in [0.3, 0.4) is 0 Å². The fourth-order valence-corrected chi connectivity index (χ4v) is 2.60. The summed E-state index contributed by atoms with van der Waals surface area (Å²) in [5, 5.41) is 0. The van der Waals surface area contributed by atoms with Crippen LogP contribution in [-0.2, 0) is 9.53 Å². The lowest BCUT2D eigenvalue weighted by Crippen LogP contribution is -2.40. The SMILES string of the molecule is CC(C)=CC[C@@H](C)C(=O)N1C(=O)O[C@H](c2ccccc2)[C@@H]1C. The molecule has 118 valence electrons. The molecule has 1 saturated heterocycles. The van der Waals surface area contributed by atoms with Crippen LogP contribution in [0.1, 0.15) is 45.8 Å². The molecule has 4 heteroatoms. The molecule has 1 aliphatic rings. The van der Waals surface area contributed by atoms with E-state index in [1.54, 1.807) is 0 Å². The van der Waals surface area contributed by atoms with Crippen LogP contribution in [0.5, 0.6) is 0 Å². The van der Waals surface area contributed by atoms with Gasteiger partial charge in [-0.05, 0) is 32.8 Å². The fourth-order valence-electron chi connectivity index (χ4n) is 2.60. The Morgan fingerprint density at radius 2 is 1.95 bits per heavy atom. The molecule has 0 aliphatic carbocycles. The number of ether oxygens (including phenoxy) is 1. The molecule has 1 aliphatic heterocycles. The van der Waals surface area contributed by atoms with E-state index < -0.39 is 12.2 Å². The number of amides is 2. The quantitative estimate of drug-likeness (QED) is 0.787. The van der Waals surface area contributed by atoms with Crippen LogP contribution in [0, 0.1) is 5.92 Å². The number of allylic oxidation sites excluding steroid dienone is 2. The van der Waals surface area contributed by atoms with Crippen LogP contribution in [0.4, 0.5) is 4.79 Å². The Bertz CT molecular complexity index is 575. The van der Waals surface area contributed by atoms with Crippen molar-refractivity contribution in [3.63, 3.8) is 0 Å². The van der Waals surface area contributed by atoms with Gasteiger partial charge in [0.15, 0.2) is 0 Å². The molecule has 0 unspecified atom stereocenters. The normalized spacial score (nSPS) is 22.2. The minimum absolute atomic E-state index is 0.173. The Balaban J connectivity index is 2.13. The maximum absolute atomic E-state index is 12.6. The molecule has 1 aromatic carbocycles. The summed E-state index contributed by atoms with van der Waals surface area (Å²) in [7, 11) is 0. The van der Waals surface area contributed by atoms with Crippen molar-refractivity contribution in [2.45, 2.75) is 46.3 Å². The van der Waals surface area contributed by atoms with Crippen molar-refractivity contribution in [1.29, 1.82) is 0 Å². The summed E-state index contributed by atoms with van der Waals surface area (Å²) in [6.45, 7) is 7.69. The van der Waals surface area contributed by atoms with Gasteiger partial charge in [-0.25, -0.2) is 9.69 Å². The first kappa shape index (κ1) is 16.3. The highest BCUT2D eigenvalue weighted by Gasteiger charge is 2.44. The van der Waals surface area contributed by atoms with Gasteiger partial charge < -0.3 is 4.74 Å². The van der Waals surface area contributed by atoms with E-state index in [9.17, 15) is 9.59 Å².